The van der Waals surface area contributed by atoms with Crippen molar-refractivity contribution >= 4 is 22.6 Å². The Bertz CT molecular complexity index is 859. The molecule has 0 spiro atoms. The lowest BCUT2D eigenvalue weighted by Crippen LogP contribution is -2.31. The third-order valence-electron chi connectivity index (χ3n) is 4.63. The zero-order chi connectivity index (χ0) is 20.2. The van der Waals surface area contributed by atoms with Crippen molar-refractivity contribution in [2.75, 3.05) is 18.9 Å². The number of aromatic nitrogens is 1. The Morgan fingerprint density at radius 2 is 2.07 bits per heavy atom. The number of ether oxygens (including phenoxy) is 1. The second-order valence-corrected chi connectivity index (χ2v) is 7.23. The summed E-state index contributed by atoms with van der Waals surface area (Å²) in [6, 6.07) is 5.44. The highest BCUT2D eigenvalue weighted by atomic mass is 16.5. The Kier molecular flexibility index (Phi) is 6.31. The molecule has 27 heavy (non-hydrogen) atoms. The van der Waals surface area contributed by atoms with Crippen LogP contribution < -0.4 is 15.8 Å². The number of carbonyl (C=O) groups is 1. The van der Waals surface area contributed by atoms with Gasteiger partial charge < -0.3 is 20.9 Å². The normalized spacial score (nSPS) is 11.4. The minimum atomic E-state index is -1.08. The molecule has 1 aromatic carbocycles. The lowest BCUT2D eigenvalue weighted by Gasteiger charge is -2.28. The van der Waals surface area contributed by atoms with Gasteiger partial charge in [0.15, 0.2) is 0 Å². The fourth-order valence-electron chi connectivity index (χ4n) is 2.84. The van der Waals surface area contributed by atoms with Gasteiger partial charge in [-0.2, -0.15) is 0 Å². The summed E-state index contributed by atoms with van der Waals surface area (Å²) in [5.74, 6) is -0.551. The maximum atomic E-state index is 11.7. The Morgan fingerprint density at radius 1 is 1.37 bits per heavy atom. The van der Waals surface area contributed by atoms with E-state index in [2.05, 4.69) is 23.8 Å². The molecule has 0 aliphatic rings. The van der Waals surface area contributed by atoms with Crippen LogP contribution in [-0.4, -0.2) is 29.2 Å². The molecule has 1 aromatic heterocycles. The summed E-state index contributed by atoms with van der Waals surface area (Å²) in [6.45, 7) is 13.4. The Labute approximate surface area is 160 Å². The Balaban J connectivity index is 2.41. The number of carboxylic acid groups (broad SMARTS) is 1. The number of anilines is 1. The van der Waals surface area contributed by atoms with E-state index >= 15 is 0 Å². The molecule has 0 radical (unpaired) electrons. The minimum Gasteiger partial charge on any atom is -0.492 e. The predicted octanol–water partition coefficient (Wildman–Crippen LogP) is 4.00. The van der Waals surface area contributed by atoms with Gasteiger partial charge in [0.1, 0.15) is 11.3 Å². The van der Waals surface area contributed by atoms with Gasteiger partial charge in [-0.25, -0.2) is 4.79 Å². The van der Waals surface area contributed by atoms with E-state index in [0.717, 1.165) is 18.7 Å². The van der Waals surface area contributed by atoms with Gasteiger partial charge in [-0.05, 0) is 25.0 Å². The fraction of sp³-hybridized carbons (Fsp3) is 0.429. The topological polar surface area (TPSA) is 97.5 Å². The molecule has 0 fully saturated rings. The van der Waals surface area contributed by atoms with Crippen LogP contribution in [0.25, 0.3) is 10.9 Å². The van der Waals surface area contributed by atoms with Crippen LogP contribution in [0.5, 0.6) is 5.75 Å². The summed E-state index contributed by atoms with van der Waals surface area (Å²) in [5.41, 5.74) is 8.17. The number of rotatable bonds is 9. The number of carboxylic acids is 1. The molecule has 0 amide bonds. The van der Waals surface area contributed by atoms with E-state index in [0.29, 0.717) is 35.4 Å². The molecule has 0 unspecified atom stereocenters. The zero-order valence-corrected chi connectivity index (χ0v) is 16.6. The Hall–Kier alpha value is -2.76. The molecule has 0 bridgehead atoms. The van der Waals surface area contributed by atoms with Crippen LogP contribution in [-0.2, 0) is 6.42 Å². The molecule has 0 aliphatic carbocycles. The van der Waals surface area contributed by atoms with E-state index in [-0.39, 0.29) is 16.7 Å². The lowest BCUT2D eigenvalue weighted by molar-refractivity contribution is 0.0696. The SMILES string of the molecule is C=C(NCCC)C(C)(C)COc1cccc2nc(CC)c(C(=O)O)c(N)c12. The van der Waals surface area contributed by atoms with Crippen LogP contribution in [0, 0.1) is 5.41 Å². The van der Waals surface area contributed by atoms with E-state index in [9.17, 15) is 9.90 Å². The van der Waals surface area contributed by atoms with Crippen LogP contribution >= 0.6 is 0 Å². The van der Waals surface area contributed by atoms with Crippen molar-refractivity contribution in [3.05, 3.63) is 41.7 Å². The highest BCUT2D eigenvalue weighted by molar-refractivity contribution is 6.06. The van der Waals surface area contributed by atoms with Gasteiger partial charge in [-0.1, -0.05) is 40.3 Å². The van der Waals surface area contributed by atoms with Crippen LogP contribution in [0.4, 0.5) is 5.69 Å². The summed E-state index contributed by atoms with van der Waals surface area (Å²) in [4.78, 5) is 16.2. The van der Waals surface area contributed by atoms with Crippen LogP contribution in [0.15, 0.2) is 30.5 Å². The smallest absolute Gasteiger partial charge is 0.339 e. The van der Waals surface area contributed by atoms with Gasteiger partial charge in [-0.3, -0.25) is 4.98 Å². The van der Waals surface area contributed by atoms with E-state index in [1.807, 2.05) is 32.9 Å². The van der Waals surface area contributed by atoms with Crippen LogP contribution in [0.1, 0.15) is 50.2 Å². The van der Waals surface area contributed by atoms with Crippen LogP contribution in [0.2, 0.25) is 0 Å². The molecule has 0 saturated heterocycles. The zero-order valence-electron chi connectivity index (χ0n) is 16.6. The number of nitrogens with two attached hydrogens (primary N) is 1. The molecule has 4 N–H and O–H groups in total. The number of hydrogen-bond acceptors (Lipinski definition) is 5. The Morgan fingerprint density at radius 3 is 2.67 bits per heavy atom. The van der Waals surface area contributed by atoms with E-state index in [1.165, 1.54) is 0 Å². The maximum absolute atomic E-state index is 11.7. The van der Waals surface area contributed by atoms with Crippen LogP contribution in [0.3, 0.4) is 0 Å². The number of nitrogens with one attached hydrogen (secondary N) is 1. The van der Waals surface area contributed by atoms with E-state index in [1.54, 1.807) is 6.07 Å². The molecule has 0 atom stereocenters. The number of aryl methyl sites for hydroxylation is 1. The third-order valence-corrected chi connectivity index (χ3v) is 4.63. The molecule has 0 saturated carbocycles. The molecule has 6 heteroatoms. The number of nitrogens with zero attached hydrogens (tertiary/aromatic N) is 1. The van der Waals surface area contributed by atoms with Crippen molar-refractivity contribution in [3.63, 3.8) is 0 Å². The average Bonchev–Trinajstić information content (AvgIpc) is 2.63. The van der Waals surface area contributed by atoms with Gasteiger partial charge in [0.05, 0.1) is 28.9 Å². The number of benzene rings is 1. The summed E-state index contributed by atoms with van der Waals surface area (Å²) in [5, 5.41) is 13.4. The lowest BCUT2D eigenvalue weighted by atomic mass is 9.91. The van der Waals surface area contributed by atoms with Crippen molar-refractivity contribution in [1.29, 1.82) is 0 Å². The largest absolute Gasteiger partial charge is 0.492 e. The third kappa shape index (κ3) is 4.32. The predicted molar refractivity (Wildman–Crippen MR) is 109 cm³/mol. The highest BCUT2D eigenvalue weighted by Gasteiger charge is 2.25. The van der Waals surface area contributed by atoms with E-state index in [4.69, 9.17) is 10.5 Å². The molecule has 2 aromatic rings. The van der Waals surface area contributed by atoms with Crippen molar-refractivity contribution < 1.29 is 14.6 Å². The molecule has 6 nitrogen and oxygen atoms in total. The number of fused-ring (bicyclic) bond motifs is 1. The standard InChI is InChI=1S/C21H29N3O3/c1-6-11-23-13(3)21(4,5)12-27-16-10-8-9-15-17(16)19(22)18(20(25)26)14(7-2)24-15/h8-10,23H,3,6-7,11-12H2,1-2,4-5H3,(H2,22,24)(H,25,26). The summed E-state index contributed by atoms with van der Waals surface area (Å²) in [7, 11) is 0. The first-order valence-electron chi connectivity index (χ1n) is 9.23. The molecular weight excluding hydrogens is 342 g/mol. The minimum absolute atomic E-state index is 0.0503. The van der Waals surface area contributed by atoms with Gasteiger partial charge in [0, 0.05) is 17.7 Å². The number of nitrogen functional groups attached to an aromatic ring is 1. The van der Waals surface area contributed by atoms with Gasteiger partial charge in [-0.15, -0.1) is 0 Å². The molecular formula is C21H29N3O3. The van der Waals surface area contributed by atoms with Gasteiger partial charge in [0.2, 0.25) is 0 Å². The van der Waals surface area contributed by atoms with Crippen molar-refractivity contribution in [1.82, 2.24) is 10.3 Å². The van der Waals surface area contributed by atoms with Crippen molar-refractivity contribution in [2.24, 2.45) is 5.41 Å². The second-order valence-electron chi connectivity index (χ2n) is 7.23. The first-order chi connectivity index (χ1) is 12.7. The van der Waals surface area contributed by atoms with Gasteiger partial charge >= 0.3 is 5.97 Å². The first kappa shape index (κ1) is 20.6. The van der Waals surface area contributed by atoms with Crippen molar-refractivity contribution in [3.8, 4) is 5.75 Å². The molecule has 146 valence electrons. The highest BCUT2D eigenvalue weighted by Crippen LogP contribution is 2.35. The molecule has 2 rings (SSSR count). The quantitative estimate of drug-likeness (QED) is 0.616. The molecule has 1 heterocycles. The first-order valence-corrected chi connectivity index (χ1v) is 9.23. The monoisotopic (exact) mass is 371 g/mol. The molecule has 0 aliphatic heterocycles. The fourth-order valence-corrected chi connectivity index (χ4v) is 2.84. The number of aromatic carboxylic acids is 1. The average molecular weight is 371 g/mol. The number of hydrogen-bond donors (Lipinski definition) is 3. The number of pyridine rings is 1. The van der Waals surface area contributed by atoms with Gasteiger partial charge in [0.25, 0.3) is 0 Å². The summed E-state index contributed by atoms with van der Waals surface area (Å²) >= 11 is 0. The maximum Gasteiger partial charge on any atom is 0.339 e. The van der Waals surface area contributed by atoms with Crippen molar-refractivity contribution in [2.45, 2.75) is 40.5 Å². The summed E-state index contributed by atoms with van der Waals surface area (Å²) in [6.07, 6.45) is 1.50. The summed E-state index contributed by atoms with van der Waals surface area (Å²) < 4.78 is 6.06. The second kappa shape index (κ2) is 8.29. The van der Waals surface area contributed by atoms with E-state index < -0.39 is 5.97 Å².